The number of fused-ring (bicyclic) bond motifs is 1. The van der Waals surface area contributed by atoms with E-state index in [4.69, 9.17) is 14.3 Å². The average Bonchev–Trinajstić information content (AvgIpc) is 2.70. The van der Waals surface area contributed by atoms with Crippen LogP contribution in [0.4, 0.5) is 0 Å². The van der Waals surface area contributed by atoms with Gasteiger partial charge < -0.3 is 14.3 Å². The van der Waals surface area contributed by atoms with Gasteiger partial charge in [-0.05, 0) is 18.1 Å². The van der Waals surface area contributed by atoms with E-state index in [-0.39, 0.29) is 11.5 Å². The number of carboxylic acid groups (broad SMARTS) is 1. The Labute approximate surface area is 104 Å². The number of nitrogens with zero attached hydrogens (tertiary/aromatic N) is 1. The van der Waals surface area contributed by atoms with Crippen LogP contribution in [-0.2, 0) is 11.2 Å². The fourth-order valence-electron chi connectivity index (χ4n) is 1.89. The van der Waals surface area contributed by atoms with Crippen molar-refractivity contribution in [2.45, 2.75) is 13.3 Å². The highest BCUT2D eigenvalue weighted by Crippen LogP contribution is 2.21. The van der Waals surface area contributed by atoms with Crippen LogP contribution in [0.1, 0.15) is 23.2 Å². The third kappa shape index (κ3) is 2.51. The zero-order valence-corrected chi connectivity index (χ0v) is 10.3. The number of ether oxygens (including phenoxy) is 1. The molecule has 0 aliphatic carbocycles. The number of aromatic nitrogens is 1. The van der Waals surface area contributed by atoms with E-state index in [1.807, 2.05) is 6.92 Å². The van der Waals surface area contributed by atoms with Gasteiger partial charge in [-0.25, -0.2) is 9.78 Å². The van der Waals surface area contributed by atoms with Crippen molar-refractivity contribution in [2.75, 3.05) is 13.7 Å². The Bertz CT molecular complexity index is 561. The maximum Gasteiger partial charge on any atom is 0.339 e. The number of carboxylic acids is 1. The third-order valence-electron chi connectivity index (χ3n) is 2.66. The fourth-order valence-corrected chi connectivity index (χ4v) is 1.89. The van der Waals surface area contributed by atoms with Crippen molar-refractivity contribution in [3.05, 3.63) is 29.7 Å². The van der Waals surface area contributed by atoms with Gasteiger partial charge in [-0.15, -0.1) is 0 Å². The molecule has 2 rings (SSSR count). The second kappa shape index (κ2) is 5.18. The number of oxazole rings is 1. The minimum Gasteiger partial charge on any atom is -0.478 e. The maximum absolute atomic E-state index is 11.0. The van der Waals surface area contributed by atoms with Crippen molar-refractivity contribution in [3.8, 4) is 0 Å². The number of carbonyl (C=O) groups is 1. The highest BCUT2D eigenvalue weighted by molar-refractivity contribution is 5.99. The molecule has 0 bridgehead atoms. The predicted molar refractivity (Wildman–Crippen MR) is 65.7 cm³/mol. The van der Waals surface area contributed by atoms with Gasteiger partial charge in [-0.3, -0.25) is 0 Å². The molecule has 0 radical (unpaired) electrons. The number of hydrogen-bond acceptors (Lipinski definition) is 4. The molecule has 5 heteroatoms. The van der Waals surface area contributed by atoms with E-state index in [9.17, 15) is 4.79 Å². The lowest BCUT2D eigenvalue weighted by Gasteiger charge is -2.05. The van der Waals surface area contributed by atoms with E-state index in [1.165, 1.54) is 6.07 Å². The van der Waals surface area contributed by atoms with E-state index < -0.39 is 5.97 Å². The highest BCUT2D eigenvalue weighted by Gasteiger charge is 2.15. The van der Waals surface area contributed by atoms with Crippen molar-refractivity contribution in [2.24, 2.45) is 5.92 Å². The van der Waals surface area contributed by atoms with E-state index in [0.29, 0.717) is 30.0 Å². The highest BCUT2D eigenvalue weighted by atomic mass is 16.5. The molecule has 1 aromatic heterocycles. The van der Waals surface area contributed by atoms with Gasteiger partial charge in [0, 0.05) is 20.1 Å². The van der Waals surface area contributed by atoms with Crippen molar-refractivity contribution >= 4 is 17.1 Å². The molecule has 1 atom stereocenters. The predicted octanol–water partition coefficient (Wildman–Crippen LogP) is 2.35. The van der Waals surface area contributed by atoms with Crippen LogP contribution < -0.4 is 0 Å². The lowest BCUT2D eigenvalue weighted by molar-refractivity contribution is 0.0698. The van der Waals surface area contributed by atoms with Gasteiger partial charge in [0.15, 0.2) is 11.5 Å². The topological polar surface area (TPSA) is 72.6 Å². The van der Waals surface area contributed by atoms with E-state index in [2.05, 4.69) is 4.98 Å². The summed E-state index contributed by atoms with van der Waals surface area (Å²) in [5.41, 5.74) is 1.06. The van der Waals surface area contributed by atoms with Crippen LogP contribution in [0, 0.1) is 5.92 Å². The normalized spacial score (nSPS) is 12.8. The Balaban J connectivity index is 2.32. The largest absolute Gasteiger partial charge is 0.478 e. The summed E-state index contributed by atoms with van der Waals surface area (Å²) in [6, 6.07) is 4.92. The molecule has 1 heterocycles. The Hall–Kier alpha value is -1.88. The number of rotatable bonds is 5. The lowest BCUT2D eigenvalue weighted by Crippen LogP contribution is -2.06. The van der Waals surface area contributed by atoms with Gasteiger partial charge in [0.2, 0.25) is 0 Å². The molecule has 5 nitrogen and oxygen atoms in total. The molecule has 2 aromatic rings. The second-order valence-corrected chi connectivity index (χ2v) is 4.33. The second-order valence-electron chi connectivity index (χ2n) is 4.33. The van der Waals surface area contributed by atoms with Crippen molar-refractivity contribution < 1.29 is 19.1 Å². The van der Waals surface area contributed by atoms with E-state index >= 15 is 0 Å². The summed E-state index contributed by atoms with van der Waals surface area (Å²) in [6.45, 7) is 2.64. The first-order valence-electron chi connectivity index (χ1n) is 5.72. The van der Waals surface area contributed by atoms with Gasteiger partial charge in [-0.1, -0.05) is 13.0 Å². The van der Waals surface area contributed by atoms with Gasteiger partial charge in [-0.2, -0.15) is 0 Å². The zero-order chi connectivity index (χ0) is 13.1. The molecule has 1 N–H and O–H groups in total. The molecule has 0 aliphatic rings. The lowest BCUT2D eigenvalue weighted by atomic mass is 10.1. The van der Waals surface area contributed by atoms with Crippen molar-refractivity contribution in [1.29, 1.82) is 0 Å². The van der Waals surface area contributed by atoms with Crippen LogP contribution in [0.5, 0.6) is 0 Å². The summed E-state index contributed by atoms with van der Waals surface area (Å²) < 4.78 is 10.6. The Kier molecular flexibility index (Phi) is 3.62. The molecule has 0 saturated heterocycles. The van der Waals surface area contributed by atoms with E-state index in [1.54, 1.807) is 19.2 Å². The molecular weight excluding hydrogens is 234 g/mol. The summed E-state index contributed by atoms with van der Waals surface area (Å²) >= 11 is 0. The van der Waals surface area contributed by atoms with Crippen LogP contribution in [0.25, 0.3) is 11.1 Å². The molecule has 18 heavy (non-hydrogen) atoms. The molecule has 1 unspecified atom stereocenters. The summed E-state index contributed by atoms with van der Waals surface area (Å²) in [4.78, 5) is 15.3. The molecule has 0 fully saturated rings. The minimum absolute atomic E-state index is 0.144. The number of benzene rings is 1. The first-order valence-corrected chi connectivity index (χ1v) is 5.72. The average molecular weight is 249 g/mol. The van der Waals surface area contributed by atoms with Gasteiger partial charge in [0.1, 0.15) is 11.1 Å². The van der Waals surface area contributed by atoms with Crippen LogP contribution >= 0.6 is 0 Å². The Morgan fingerprint density at radius 3 is 3.00 bits per heavy atom. The quantitative estimate of drug-likeness (QED) is 0.880. The summed E-state index contributed by atoms with van der Waals surface area (Å²) in [5.74, 6) is -0.187. The summed E-state index contributed by atoms with van der Waals surface area (Å²) in [7, 11) is 1.64. The van der Waals surface area contributed by atoms with Crippen LogP contribution in [0.2, 0.25) is 0 Å². The molecule has 0 spiro atoms. The van der Waals surface area contributed by atoms with Gasteiger partial charge in [0.25, 0.3) is 0 Å². The minimum atomic E-state index is -1.01. The molecule has 1 aromatic carbocycles. The van der Waals surface area contributed by atoms with Gasteiger partial charge >= 0.3 is 5.97 Å². The summed E-state index contributed by atoms with van der Waals surface area (Å²) in [6.07, 6.45) is 0.627. The van der Waals surface area contributed by atoms with Gasteiger partial charge in [0.05, 0.1) is 0 Å². The monoisotopic (exact) mass is 249 g/mol. The first kappa shape index (κ1) is 12.6. The third-order valence-corrected chi connectivity index (χ3v) is 2.66. The number of para-hydroxylation sites is 1. The standard InChI is InChI=1S/C13H15NO4/c1-8(7-17-2)6-11-14-10-5-3-4-9(13(15)16)12(10)18-11/h3-5,8H,6-7H2,1-2H3,(H,15,16). The molecular formula is C13H15NO4. The number of methoxy groups -OCH3 is 1. The van der Waals surface area contributed by atoms with E-state index in [0.717, 1.165) is 0 Å². The van der Waals surface area contributed by atoms with Crippen LogP contribution in [0.3, 0.4) is 0 Å². The van der Waals surface area contributed by atoms with Crippen molar-refractivity contribution in [3.63, 3.8) is 0 Å². The Morgan fingerprint density at radius 2 is 2.33 bits per heavy atom. The smallest absolute Gasteiger partial charge is 0.339 e. The number of aromatic carboxylic acids is 1. The number of hydrogen-bond donors (Lipinski definition) is 1. The molecule has 0 saturated carbocycles. The Morgan fingerprint density at radius 1 is 1.56 bits per heavy atom. The zero-order valence-electron chi connectivity index (χ0n) is 10.3. The first-order chi connectivity index (χ1) is 8.61. The molecule has 96 valence electrons. The fraction of sp³-hybridized carbons (Fsp3) is 0.385. The molecule has 0 aliphatic heterocycles. The molecule has 0 amide bonds. The SMILES string of the molecule is COCC(C)Cc1nc2cccc(C(=O)O)c2o1. The van der Waals surface area contributed by atoms with Crippen molar-refractivity contribution in [1.82, 2.24) is 4.98 Å². The van der Waals surface area contributed by atoms with Crippen LogP contribution in [0.15, 0.2) is 22.6 Å². The van der Waals surface area contributed by atoms with Crippen LogP contribution in [-0.4, -0.2) is 29.8 Å². The maximum atomic E-state index is 11.0. The summed E-state index contributed by atoms with van der Waals surface area (Å²) in [5, 5.41) is 9.05.